The minimum absolute atomic E-state index is 0.154. The fraction of sp³-hybridized carbons (Fsp3) is 0.381. The number of imidazole rings is 1. The van der Waals surface area contributed by atoms with Gasteiger partial charge in [-0.15, -0.1) is 6.42 Å². The summed E-state index contributed by atoms with van der Waals surface area (Å²) >= 11 is 6.24. The molecule has 0 radical (unpaired) electrons. The van der Waals surface area contributed by atoms with Crippen molar-refractivity contribution in [3.8, 4) is 12.3 Å². The van der Waals surface area contributed by atoms with Crippen molar-refractivity contribution in [1.29, 1.82) is 0 Å². The average Bonchev–Trinajstić information content (AvgIpc) is 3.05. The van der Waals surface area contributed by atoms with Gasteiger partial charge in [-0.2, -0.15) is 0 Å². The predicted molar refractivity (Wildman–Crippen MR) is 123 cm³/mol. The molecule has 170 valence electrons. The Bertz CT molecular complexity index is 1350. The topological polar surface area (TPSA) is 119 Å². The SMILES string of the molecule is C#CCn1c(=O)c2c(nc(CCc3ccccc3Cl)n2C)n(CCCCP(=O)(O)O)c1=O. The van der Waals surface area contributed by atoms with Crippen LogP contribution in [0.1, 0.15) is 24.2 Å². The van der Waals surface area contributed by atoms with Crippen LogP contribution in [0.3, 0.4) is 0 Å². The molecule has 0 aliphatic carbocycles. The summed E-state index contributed by atoms with van der Waals surface area (Å²) in [4.78, 5) is 48.6. The molecule has 0 aliphatic heterocycles. The molecule has 11 heteroatoms. The van der Waals surface area contributed by atoms with Crippen LogP contribution < -0.4 is 11.2 Å². The fourth-order valence-electron chi connectivity index (χ4n) is 3.60. The van der Waals surface area contributed by atoms with Crippen molar-refractivity contribution in [1.82, 2.24) is 18.7 Å². The molecule has 2 N–H and O–H groups in total. The van der Waals surface area contributed by atoms with Crippen LogP contribution in [0.4, 0.5) is 0 Å². The van der Waals surface area contributed by atoms with Gasteiger partial charge in [0.05, 0.1) is 6.54 Å². The first kappa shape index (κ1) is 24.0. The lowest BCUT2D eigenvalue weighted by Crippen LogP contribution is -2.40. The number of rotatable bonds is 9. The molecule has 0 bridgehead atoms. The van der Waals surface area contributed by atoms with Crippen molar-refractivity contribution in [3.05, 3.63) is 61.5 Å². The molecule has 32 heavy (non-hydrogen) atoms. The molecule has 3 rings (SSSR count). The third-order valence-electron chi connectivity index (χ3n) is 5.24. The molecule has 0 fully saturated rings. The van der Waals surface area contributed by atoms with E-state index < -0.39 is 18.8 Å². The van der Waals surface area contributed by atoms with Gasteiger partial charge in [-0.3, -0.25) is 13.9 Å². The van der Waals surface area contributed by atoms with Crippen molar-refractivity contribution in [2.24, 2.45) is 7.05 Å². The van der Waals surface area contributed by atoms with Gasteiger partial charge in [0, 0.05) is 31.2 Å². The minimum Gasteiger partial charge on any atom is -0.325 e. The Labute approximate surface area is 189 Å². The monoisotopic (exact) mass is 478 g/mol. The van der Waals surface area contributed by atoms with Crippen LogP contribution in [0.5, 0.6) is 0 Å². The molecule has 2 aromatic heterocycles. The summed E-state index contributed by atoms with van der Waals surface area (Å²) < 4.78 is 15.1. The minimum atomic E-state index is -4.12. The quantitative estimate of drug-likeness (QED) is 0.275. The van der Waals surface area contributed by atoms with Gasteiger partial charge in [0.25, 0.3) is 5.56 Å². The molecule has 0 saturated carbocycles. The summed E-state index contributed by atoms with van der Waals surface area (Å²) in [5, 5.41) is 0.643. The molecule has 0 spiro atoms. The standard InChI is InChI=1S/C21H24ClN4O5P/c1-3-12-26-20(27)18-19(25(21(26)28)13-6-7-14-32(29,30)31)23-17(24(18)2)11-10-15-8-4-5-9-16(15)22/h1,4-5,8-9H,6-7,10-14H2,2H3,(H2,29,30,31). The summed E-state index contributed by atoms with van der Waals surface area (Å²) in [6.07, 6.45) is 6.72. The molecule has 1 aromatic carbocycles. The average molecular weight is 479 g/mol. The van der Waals surface area contributed by atoms with E-state index in [1.54, 1.807) is 17.7 Å². The maximum Gasteiger partial charge on any atom is 0.333 e. The number of halogens is 1. The molecule has 0 saturated heterocycles. The highest BCUT2D eigenvalue weighted by Gasteiger charge is 2.20. The van der Waals surface area contributed by atoms with Gasteiger partial charge in [0.2, 0.25) is 0 Å². The van der Waals surface area contributed by atoms with Gasteiger partial charge >= 0.3 is 13.3 Å². The van der Waals surface area contributed by atoms with E-state index in [2.05, 4.69) is 10.9 Å². The van der Waals surface area contributed by atoms with E-state index in [1.807, 2.05) is 18.2 Å². The van der Waals surface area contributed by atoms with Gasteiger partial charge in [-0.25, -0.2) is 14.3 Å². The number of hydrogen-bond donors (Lipinski definition) is 2. The van der Waals surface area contributed by atoms with E-state index in [9.17, 15) is 14.2 Å². The second-order valence-electron chi connectivity index (χ2n) is 7.48. The van der Waals surface area contributed by atoms with Gasteiger partial charge in [-0.1, -0.05) is 35.7 Å². The lowest BCUT2D eigenvalue weighted by molar-refractivity contribution is 0.370. The van der Waals surface area contributed by atoms with E-state index >= 15 is 0 Å². The molecule has 0 aliphatic rings. The summed E-state index contributed by atoms with van der Waals surface area (Å²) in [6.45, 7) is -0.0304. The lowest BCUT2D eigenvalue weighted by atomic mass is 10.1. The second-order valence-corrected chi connectivity index (χ2v) is 9.66. The summed E-state index contributed by atoms with van der Waals surface area (Å²) in [7, 11) is -2.41. The number of fused-ring (bicyclic) bond motifs is 1. The molecule has 3 aromatic rings. The van der Waals surface area contributed by atoms with E-state index in [1.165, 1.54) is 4.57 Å². The highest BCUT2D eigenvalue weighted by molar-refractivity contribution is 7.51. The van der Waals surface area contributed by atoms with Gasteiger partial charge in [0.1, 0.15) is 5.82 Å². The maximum atomic E-state index is 13.0. The van der Waals surface area contributed by atoms with Crippen LogP contribution in [0, 0.1) is 12.3 Å². The fourth-order valence-corrected chi connectivity index (χ4v) is 4.46. The molecule has 0 amide bonds. The van der Waals surface area contributed by atoms with Crippen molar-refractivity contribution < 1.29 is 14.4 Å². The molecular formula is C21H24ClN4O5P. The second kappa shape index (κ2) is 9.88. The van der Waals surface area contributed by atoms with Crippen LogP contribution in [0.25, 0.3) is 11.2 Å². The van der Waals surface area contributed by atoms with Gasteiger partial charge < -0.3 is 14.4 Å². The van der Waals surface area contributed by atoms with Crippen molar-refractivity contribution in [2.45, 2.75) is 38.8 Å². The summed E-state index contributed by atoms with van der Waals surface area (Å²) in [5.41, 5.74) is 0.326. The van der Waals surface area contributed by atoms with Crippen molar-refractivity contribution in [3.63, 3.8) is 0 Å². The first-order chi connectivity index (χ1) is 15.1. The number of terminal acetylenes is 1. The zero-order valence-electron chi connectivity index (χ0n) is 17.6. The summed E-state index contributed by atoms with van der Waals surface area (Å²) in [6, 6.07) is 7.46. The number of unbranched alkanes of at least 4 members (excludes halogenated alkanes) is 1. The highest BCUT2D eigenvalue weighted by Crippen LogP contribution is 2.35. The van der Waals surface area contributed by atoms with Crippen molar-refractivity contribution in [2.75, 3.05) is 6.16 Å². The Balaban J connectivity index is 2.01. The molecular weight excluding hydrogens is 455 g/mol. The Morgan fingerprint density at radius 2 is 1.88 bits per heavy atom. The van der Waals surface area contributed by atoms with E-state index in [0.717, 1.165) is 10.1 Å². The number of nitrogens with zero attached hydrogens (tertiary/aromatic N) is 4. The molecule has 2 heterocycles. The van der Waals surface area contributed by atoms with E-state index in [0.29, 0.717) is 30.1 Å². The Hall–Kier alpha value is -2.63. The molecule has 0 unspecified atom stereocenters. The molecule has 9 nitrogen and oxygen atoms in total. The zero-order chi connectivity index (χ0) is 23.5. The first-order valence-corrected chi connectivity index (χ1v) is 12.2. The van der Waals surface area contributed by atoms with Crippen LogP contribution in [0.2, 0.25) is 5.02 Å². The Morgan fingerprint density at radius 1 is 1.16 bits per heavy atom. The lowest BCUT2D eigenvalue weighted by Gasteiger charge is -2.10. The number of aryl methyl sites for hydroxylation is 4. The van der Waals surface area contributed by atoms with Crippen LogP contribution in [-0.4, -0.2) is 34.6 Å². The van der Waals surface area contributed by atoms with Gasteiger partial charge in [0.15, 0.2) is 11.2 Å². The third-order valence-corrected chi connectivity index (χ3v) is 6.51. The Morgan fingerprint density at radius 3 is 2.53 bits per heavy atom. The van der Waals surface area contributed by atoms with Crippen LogP contribution in [-0.2, 0) is 37.5 Å². The van der Waals surface area contributed by atoms with E-state index in [4.69, 9.17) is 27.8 Å². The predicted octanol–water partition coefficient (Wildman–Crippen LogP) is 1.93. The maximum absolute atomic E-state index is 13.0. The largest absolute Gasteiger partial charge is 0.333 e. The number of hydrogen-bond acceptors (Lipinski definition) is 4. The smallest absolute Gasteiger partial charge is 0.325 e. The Kier molecular flexibility index (Phi) is 7.42. The van der Waals surface area contributed by atoms with Gasteiger partial charge in [-0.05, 0) is 30.9 Å². The summed E-state index contributed by atoms with van der Waals surface area (Å²) in [5.74, 6) is 2.94. The normalized spacial score (nSPS) is 11.7. The van der Waals surface area contributed by atoms with Crippen LogP contribution >= 0.6 is 19.2 Å². The van der Waals surface area contributed by atoms with Crippen molar-refractivity contribution >= 4 is 30.4 Å². The van der Waals surface area contributed by atoms with E-state index in [-0.39, 0.29) is 36.8 Å². The zero-order valence-corrected chi connectivity index (χ0v) is 19.2. The third kappa shape index (κ3) is 5.22. The highest BCUT2D eigenvalue weighted by atomic mass is 35.5. The molecule has 0 atom stereocenters. The van der Waals surface area contributed by atoms with Crippen LogP contribution in [0.15, 0.2) is 33.9 Å². The number of benzene rings is 1. The number of aromatic nitrogens is 4. The first-order valence-electron chi connectivity index (χ1n) is 10.0.